The maximum Gasteiger partial charge on any atom is 0.309 e. The van der Waals surface area contributed by atoms with Crippen molar-refractivity contribution in [2.45, 2.75) is 31.6 Å². The fraction of sp³-hybridized carbons (Fsp3) is 0.500. The molecule has 1 N–H and O–H groups in total. The van der Waals surface area contributed by atoms with E-state index in [1.165, 1.54) is 4.90 Å². The molecule has 0 aliphatic heterocycles. The third-order valence-electron chi connectivity index (χ3n) is 2.85. The first-order chi connectivity index (χ1) is 8.45. The van der Waals surface area contributed by atoms with Crippen LogP contribution in [0.5, 0.6) is 5.75 Å². The van der Waals surface area contributed by atoms with Crippen molar-refractivity contribution in [3.05, 3.63) is 24.3 Å². The minimum atomic E-state index is -0.758. The molecule has 18 heavy (non-hydrogen) atoms. The van der Waals surface area contributed by atoms with Crippen LogP contribution in [0.3, 0.4) is 0 Å². The molecular weight excluding hydrogens is 248 g/mol. The molecule has 0 bridgehead atoms. The lowest BCUT2D eigenvalue weighted by molar-refractivity contribution is -0.147. The second-order valence-electron chi connectivity index (χ2n) is 4.82. The van der Waals surface area contributed by atoms with Crippen molar-refractivity contribution in [3.8, 4) is 5.75 Å². The summed E-state index contributed by atoms with van der Waals surface area (Å²) in [5.74, 6) is 0.0766. The van der Waals surface area contributed by atoms with Gasteiger partial charge in [0.25, 0.3) is 0 Å². The molecule has 1 aromatic rings. The summed E-state index contributed by atoms with van der Waals surface area (Å²) in [6.07, 6.45) is 3.39. The summed E-state index contributed by atoms with van der Waals surface area (Å²) in [6.45, 7) is 4.03. The van der Waals surface area contributed by atoms with Gasteiger partial charge in [-0.1, -0.05) is 0 Å². The highest BCUT2D eigenvalue weighted by molar-refractivity contribution is 7.98. The predicted octanol–water partition coefficient (Wildman–Crippen LogP) is 3.68. The molecule has 3 nitrogen and oxygen atoms in total. The fourth-order valence-electron chi connectivity index (χ4n) is 1.48. The van der Waals surface area contributed by atoms with E-state index in [9.17, 15) is 4.79 Å². The van der Waals surface area contributed by atoms with Gasteiger partial charge in [0, 0.05) is 4.90 Å². The van der Waals surface area contributed by atoms with E-state index in [-0.39, 0.29) is 0 Å². The number of rotatable bonds is 7. The van der Waals surface area contributed by atoms with Gasteiger partial charge in [0.15, 0.2) is 0 Å². The van der Waals surface area contributed by atoms with Gasteiger partial charge >= 0.3 is 5.97 Å². The van der Waals surface area contributed by atoms with Gasteiger partial charge in [0.05, 0.1) is 12.0 Å². The average Bonchev–Trinajstić information content (AvgIpc) is 2.35. The second kappa shape index (κ2) is 6.69. The van der Waals surface area contributed by atoms with Crippen LogP contribution in [-0.4, -0.2) is 23.9 Å². The topological polar surface area (TPSA) is 46.5 Å². The van der Waals surface area contributed by atoms with Gasteiger partial charge in [-0.3, -0.25) is 4.79 Å². The first-order valence-corrected chi connectivity index (χ1v) is 7.18. The Labute approximate surface area is 113 Å². The fourth-order valence-corrected chi connectivity index (χ4v) is 1.89. The van der Waals surface area contributed by atoms with Crippen LogP contribution in [0, 0.1) is 5.41 Å². The molecule has 0 amide bonds. The Morgan fingerprint density at radius 1 is 1.33 bits per heavy atom. The highest BCUT2D eigenvalue weighted by atomic mass is 32.2. The summed E-state index contributed by atoms with van der Waals surface area (Å²) in [4.78, 5) is 12.1. The highest BCUT2D eigenvalue weighted by Crippen LogP contribution is 2.23. The number of hydrogen-bond donors (Lipinski definition) is 1. The van der Waals surface area contributed by atoms with E-state index in [0.29, 0.717) is 13.0 Å². The number of benzene rings is 1. The van der Waals surface area contributed by atoms with Crippen LogP contribution in [0.2, 0.25) is 0 Å². The third kappa shape index (κ3) is 4.61. The molecule has 1 aromatic carbocycles. The molecule has 0 spiro atoms. The van der Waals surface area contributed by atoms with Crippen molar-refractivity contribution >= 4 is 17.7 Å². The van der Waals surface area contributed by atoms with E-state index in [2.05, 4.69) is 0 Å². The zero-order valence-electron chi connectivity index (χ0n) is 11.1. The molecule has 0 heterocycles. The van der Waals surface area contributed by atoms with Gasteiger partial charge in [0.2, 0.25) is 0 Å². The largest absolute Gasteiger partial charge is 0.494 e. The van der Waals surface area contributed by atoms with Crippen molar-refractivity contribution in [1.82, 2.24) is 0 Å². The molecule has 1 rings (SSSR count). The van der Waals surface area contributed by atoms with Crippen molar-refractivity contribution in [1.29, 1.82) is 0 Å². The predicted molar refractivity (Wildman–Crippen MR) is 74.4 cm³/mol. The Bertz CT molecular complexity index is 385. The number of carboxylic acids is 1. The molecule has 100 valence electrons. The summed E-state index contributed by atoms with van der Waals surface area (Å²) in [6, 6.07) is 7.91. The van der Waals surface area contributed by atoms with Crippen LogP contribution in [0.1, 0.15) is 26.7 Å². The Morgan fingerprint density at radius 2 is 1.94 bits per heavy atom. The van der Waals surface area contributed by atoms with E-state index in [1.807, 2.05) is 30.5 Å². The molecule has 0 saturated heterocycles. The van der Waals surface area contributed by atoms with Gasteiger partial charge in [-0.05, 0) is 57.2 Å². The summed E-state index contributed by atoms with van der Waals surface area (Å²) in [5, 5.41) is 8.97. The van der Waals surface area contributed by atoms with Crippen molar-refractivity contribution in [2.24, 2.45) is 5.41 Å². The molecule has 0 radical (unpaired) electrons. The number of aliphatic carboxylic acids is 1. The van der Waals surface area contributed by atoms with Crippen molar-refractivity contribution < 1.29 is 14.6 Å². The summed E-state index contributed by atoms with van der Waals surface area (Å²) >= 11 is 1.69. The molecule has 0 aromatic heterocycles. The zero-order chi connectivity index (χ0) is 13.6. The minimum absolute atomic E-state index is 0.551. The smallest absolute Gasteiger partial charge is 0.309 e. The van der Waals surface area contributed by atoms with E-state index >= 15 is 0 Å². The standard InChI is InChI=1S/C14H20O3S/c1-14(2,13(15)16)9-4-10-17-11-5-7-12(18-3)8-6-11/h5-8H,4,9-10H2,1-3H3,(H,15,16). The second-order valence-corrected chi connectivity index (χ2v) is 5.70. The lowest BCUT2D eigenvalue weighted by Gasteiger charge is -2.18. The monoisotopic (exact) mass is 268 g/mol. The first-order valence-electron chi connectivity index (χ1n) is 5.96. The molecule has 0 saturated carbocycles. The quantitative estimate of drug-likeness (QED) is 0.605. The lowest BCUT2D eigenvalue weighted by atomic mass is 9.88. The molecule has 0 aliphatic rings. The molecule has 4 heteroatoms. The van der Waals surface area contributed by atoms with Crippen molar-refractivity contribution in [2.75, 3.05) is 12.9 Å². The van der Waals surface area contributed by atoms with E-state index in [1.54, 1.807) is 25.6 Å². The highest BCUT2D eigenvalue weighted by Gasteiger charge is 2.26. The number of ether oxygens (including phenoxy) is 1. The lowest BCUT2D eigenvalue weighted by Crippen LogP contribution is -2.24. The Kier molecular flexibility index (Phi) is 5.54. The molecular formula is C14H20O3S. The van der Waals surface area contributed by atoms with Gasteiger partial charge in [-0.15, -0.1) is 11.8 Å². The van der Waals surface area contributed by atoms with Crippen LogP contribution in [0.4, 0.5) is 0 Å². The van der Waals surface area contributed by atoms with Gasteiger partial charge in [0.1, 0.15) is 5.75 Å². The molecule has 0 unspecified atom stereocenters. The Hall–Kier alpha value is -1.16. The minimum Gasteiger partial charge on any atom is -0.494 e. The van der Waals surface area contributed by atoms with Crippen molar-refractivity contribution in [3.63, 3.8) is 0 Å². The zero-order valence-corrected chi connectivity index (χ0v) is 11.9. The van der Waals surface area contributed by atoms with Crippen LogP contribution in [0.15, 0.2) is 29.2 Å². The van der Waals surface area contributed by atoms with Crippen LogP contribution in [-0.2, 0) is 4.79 Å². The van der Waals surface area contributed by atoms with Crippen LogP contribution >= 0.6 is 11.8 Å². The van der Waals surface area contributed by atoms with E-state index < -0.39 is 11.4 Å². The van der Waals surface area contributed by atoms with Crippen LogP contribution in [0.25, 0.3) is 0 Å². The SMILES string of the molecule is CSc1ccc(OCCCC(C)(C)C(=O)O)cc1. The number of hydrogen-bond acceptors (Lipinski definition) is 3. The van der Waals surface area contributed by atoms with E-state index in [0.717, 1.165) is 12.2 Å². The molecule has 0 aliphatic carbocycles. The van der Waals surface area contributed by atoms with Gasteiger partial charge < -0.3 is 9.84 Å². The average molecular weight is 268 g/mol. The van der Waals surface area contributed by atoms with Gasteiger partial charge in [-0.2, -0.15) is 0 Å². The third-order valence-corrected chi connectivity index (χ3v) is 3.60. The van der Waals surface area contributed by atoms with Gasteiger partial charge in [-0.25, -0.2) is 0 Å². The Balaban J connectivity index is 2.31. The summed E-state index contributed by atoms with van der Waals surface area (Å²) < 4.78 is 5.58. The normalized spacial score (nSPS) is 11.3. The molecule has 0 fully saturated rings. The number of carboxylic acid groups (broad SMARTS) is 1. The Morgan fingerprint density at radius 3 is 2.44 bits per heavy atom. The van der Waals surface area contributed by atoms with E-state index in [4.69, 9.17) is 9.84 Å². The molecule has 0 atom stereocenters. The first kappa shape index (κ1) is 14.9. The number of carbonyl (C=O) groups is 1. The summed E-state index contributed by atoms with van der Waals surface area (Å²) in [7, 11) is 0. The summed E-state index contributed by atoms with van der Waals surface area (Å²) in [5.41, 5.74) is -0.675. The van der Waals surface area contributed by atoms with Crippen LogP contribution < -0.4 is 4.74 Å². The maximum atomic E-state index is 10.9. The number of thioether (sulfide) groups is 1. The maximum absolute atomic E-state index is 10.9.